The molecule has 3 heteroatoms. The smallest absolute Gasteiger partial charge is 0.223 e. The molecule has 0 saturated heterocycles. The molecule has 21 heavy (non-hydrogen) atoms. The van der Waals surface area contributed by atoms with Gasteiger partial charge in [0.15, 0.2) is 0 Å². The lowest BCUT2D eigenvalue weighted by Gasteiger charge is -2.27. The molecule has 2 fully saturated rings. The molecule has 3 atom stereocenters. The van der Waals surface area contributed by atoms with Crippen molar-refractivity contribution in [1.29, 1.82) is 0 Å². The summed E-state index contributed by atoms with van der Waals surface area (Å²) in [5.74, 6) is 2.03. The van der Waals surface area contributed by atoms with Crippen LogP contribution >= 0.6 is 0 Å². The first-order valence-electron chi connectivity index (χ1n) is 8.43. The van der Waals surface area contributed by atoms with Crippen LogP contribution in [-0.2, 0) is 11.2 Å². The maximum absolute atomic E-state index is 12.4. The van der Waals surface area contributed by atoms with Gasteiger partial charge in [-0.1, -0.05) is 37.1 Å². The second-order valence-electron chi connectivity index (χ2n) is 6.84. The molecule has 3 unspecified atom stereocenters. The van der Waals surface area contributed by atoms with Crippen molar-refractivity contribution in [2.75, 3.05) is 13.1 Å². The van der Waals surface area contributed by atoms with Crippen molar-refractivity contribution < 1.29 is 4.79 Å². The third-order valence-electron chi connectivity index (χ3n) is 5.66. The fourth-order valence-corrected chi connectivity index (χ4v) is 4.48. The standard InChI is InChI=1S/C18H24N2O/c21-18(17-14-7-3-4-8-15(14)17)20-11-16-13-6-2-1-5-12(13)9-10-19-16/h1-2,5-6,14-17,19H,3-4,7-11H2,(H,20,21). The number of hydrogen-bond acceptors (Lipinski definition) is 2. The minimum absolute atomic E-state index is 0.277. The van der Waals surface area contributed by atoms with E-state index in [-0.39, 0.29) is 6.04 Å². The van der Waals surface area contributed by atoms with Gasteiger partial charge in [0.05, 0.1) is 0 Å². The minimum Gasteiger partial charge on any atom is -0.354 e. The van der Waals surface area contributed by atoms with E-state index in [1.165, 1.54) is 36.8 Å². The second kappa shape index (κ2) is 5.45. The van der Waals surface area contributed by atoms with Crippen LogP contribution in [0, 0.1) is 17.8 Å². The fraction of sp³-hybridized carbons (Fsp3) is 0.611. The van der Waals surface area contributed by atoms with Crippen LogP contribution in [-0.4, -0.2) is 19.0 Å². The molecule has 2 aliphatic carbocycles. The Kier molecular flexibility index (Phi) is 3.46. The Hall–Kier alpha value is -1.35. The largest absolute Gasteiger partial charge is 0.354 e. The molecule has 2 N–H and O–H groups in total. The first-order chi connectivity index (χ1) is 10.3. The van der Waals surface area contributed by atoms with E-state index in [4.69, 9.17) is 0 Å². The number of benzene rings is 1. The molecule has 0 radical (unpaired) electrons. The van der Waals surface area contributed by atoms with Crippen LogP contribution in [0.4, 0.5) is 0 Å². The molecule has 0 spiro atoms. The molecule has 1 amide bonds. The highest BCUT2D eigenvalue weighted by molar-refractivity contribution is 5.82. The number of carbonyl (C=O) groups is 1. The van der Waals surface area contributed by atoms with Crippen LogP contribution in [0.2, 0.25) is 0 Å². The zero-order valence-corrected chi connectivity index (χ0v) is 12.5. The molecule has 1 heterocycles. The van der Waals surface area contributed by atoms with Gasteiger partial charge in [-0.2, -0.15) is 0 Å². The van der Waals surface area contributed by atoms with Gasteiger partial charge in [0.1, 0.15) is 0 Å². The van der Waals surface area contributed by atoms with Gasteiger partial charge < -0.3 is 10.6 Å². The lowest BCUT2D eigenvalue weighted by molar-refractivity contribution is -0.123. The third-order valence-corrected chi connectivity index (χ3v) is 5.66. The highest BCUT2D eigenvalue weighted by Gasteiger charge is 2.54. The molecule has 1 aromatic carbocycles. The molecule has 1 aliphatic heterocycles. The number of fused-ring (bicyclic) bond motifs is 2. The summed E-state index contributed by atoms with van der Waals surface area (Å²) in [7, 11) is 0. The molecular formula is C18H24N2O. The molecule has 4 rings (SSSR count). The van der Waals surface area contributed by atoms with E-state index in [1.54, 1.807) is 0 Å². The Morgan fingerprint density at radius 1 is 1.19 bits per heavy atom. The molecular weight excluding hydrogens is 260 g/mol. The highest BCUT2D eigenvalue weighted by Crippen LogP contribution is 2.55. The van der Waals surface area contributed by atoms with Gasteiger partial charge in [0.2, 0.25) is 5.91 Å². The SMILES string of the molecule is O=C(NCC1NCCc2ccccc21)C1C2CCCCC21. The van der Waals surface area contributed by atoms with E-state index < -0.39 is 0 Å². The molecule has 1 aromatic rings. The quantitative estimate of drug-likeness (QED) is 0.895. The molecule has 2 saturated carbocycles. The molecule has 3 nitrogen and oxygen atoms in total. The van der Waals surface area contributed by atoms with Crippen molar-refractivity contribution in [3.63, 3.8) is 0 Å². The Morgan fingerprint density at radius 3 is 2.76 bits per heavy atom. The summed E-state index contributed by atoms with van der Waals surface area (Å²) < 4.78 is 0. The number of carbonyl (C=O) groups excluding carboxylic acids is 1. The Morgan fingerprint density at radius 2 is 1.95 bits per heavy atom. The predicted molar refractivity (Wildman–Crippen MR) is 82.8 cm³/mol. The van der Waals surface area contributed by atoms with E-state index in [0.29, 0.717) is 23.7 Å². The Balaban J connectivity index is 1.36. The van der Waals surface area contributed by atoms with Gasteiger partial charge in [-0.3, -0.25) is 4.79 Å². The average molecular weight is 284 g/mol. The summed E-state index contributed by atoms with van der Waals surface area (Å²) in [5.41, 5.74) is 2.79. The van der Waals surface area contributed by atoms with Gasteiger partial charge in [0, 0.05) is 18.5 Å². The Bertz CT molecular complexity index is 530. The van der Waals surface area contributed by atoms with Crippen LogP contribution in [0.25, 0.3) is 0 Å². The summed E-state index contributed by atoms with van der Waals surface area (Å²) in [6.45, 7) is 1.73. The predicted octanol–water partition coefficient (Wildman–Crippen LogP) is 2.43. The van der Waals surface area contributed by atoms with Crippen molar-refractivity contribution in [2.24, 2.45) is 17.8 Å². The molecule has 3 aliphatic rings. The van der Waals surface area contributed by atoms with Gasteiger partial charge in [-0.25, -0.2) is 0 Å². The fourth-order valence-electron chi connectivity index (χ4n) is 4.48. The lowest BCUT2D eigenvalue weighted by atomic mass is 9.94. The third kappa shape index (κ3) is 2.48. The first kappa shape index (κ1) is 13.3. The normalized spacial score (nSPS) is 33.7. The lowest BCUT2D eigenvalue weighted by Crippen LogP contribution is -2.39. The Labute approximate surface area is 126 Å². The van der Waals surface area contributed by atoms with E-state index in [1.807, 2.05) is 0 Å². The van der Waals surface area contributed by atoms with Gasteiger partial charge >= 0.3 is 0 Å². The van der Waals surface area contributed by atoms with E-state index in [2.05, 4.69) is 34.9 Å². The number of amides is 1. The van der Waals surface area contributed by atoms with Gasteiger partial charge in [0.25, 0.3) is 0 Å². The summed E-state index contributed by atoms with van der Waals surface area (Å²) in [5, 5.41) is 6.75. The monoisotopic (exact) mass is 284 g/mol. The molecule has 112 valence electrons. The molecule has 0 bridgehead atoms. The summed E-state index contributed by atoms with van der Waals surface area (Å²) in [6.07, 6.45) is 6.28. The van der Waals surface area contributed by atoms with Crippen LogP contribution in [0.5, 0.6) is 0 Å². The second-order valence-corrected chi connectivity index (χ2v) is 6.84. The number of hydrogen-bond donors (Lipinski definition) is 2. The maximum Gasteiger partial charge on any atom is 0.223 e. The zero-order chi connectivity index (χ0) is 14.2. The van der Waals surface area contributed by atoms with Crippen LogP contribution < -0.4 is 10.6 Å². The van der Waals surface area contributed by atoms with Crippen LogP contribution in [0.15, 0.2) is 24.3 Å². The van der Waals surface area contributed by atoms with Crippen LogP contribution in [0.1, 0.15) is 42.9 Å². The molecule has 0 aromatic heterocycles. The first-order valence-corrected chi connectivity index (χ1v) is 8.43. The average Bonchev–Trinajstić information content (AvgIpc) is 3.27. The maximum atomic E-state index is 12.4. The summed E-state index contributed by atoms with van der Waals surface area (Å²) in [6, 6.07) is 8.88. The van der Waals surface area contributed by atoms with E-state index >= 15 is 0 Å². The topological polar surface area (TPSA) is 41.1 Å². The van der Waals surface area contributed by atoms with E-state index in [9.17, 15) is 4.79 Å². The van der Waals surface area contributed by atoms with E-state index in [0.717, 1.165) is 19.5 Å². The van der Waals surface area contributed by atoms with Crippen molar-refractivity contribution in [1.82, 2.24) is 10.6 Å². The van der Waals surface area contributed by atoms with Crippen LogP contribution in [0.3, 0.4) is 0 Å². The minimum atomic E-state index is 0.277. The zero-order valence-electron chi connectivity index (χ0n) is 12.5. The van der Waals surface area contributed by atoms with Crippen molar-refractivity contribution >= 4 is 5.91 Å². The van der Waals surface area contributed by atoms with Gasteiger partial charge in [-0.15, -0.1) is 0 Å². The highest BCUT2D eigenvalue weighted by atomic mass is 16.2. The van der Waals surface area contributed by atoms with Crippen molar-refractivity contribution in [3.8, 4) is 0 Å². The number of rotatable bonds is 3. The van der Waals surface area contributed by atoms with Crippen molar-refractivity contribution in [2.45, 2.75) is 38.1 Å². The summed E-state index contributed by atoms with van der Waals surface area (Å²) >= 11 is 0. The van der Waals surface area contributed by atoms with Crippen molar-refractivity contribution in [3.05, 3.63) is 35.4 Å². The summed E-state index contributed by atoms with van der Waals surface area (Å²) in [4.78, 5) is 12.4. The number of nitrogens with one attached hydrogen (secondary N) is 2. The van der Waals surface area contributed by atoms with Gasteiger partial charge in [-0.05, 0) is 48.8 Å².